The second-order valence-corrected chi connectivity index (χ2v) is 10.3. The highest BCUT2D eigenvalue weighted by atomic mass is 19.4. The Bertz CT molecular complexity index is 1720. The number of nitrogens with one attached hydrogen (secondary N) is 1. The maximum absolute atomic E-state index is 15.0. The van der Waals surface area contributed by atoms with E-state index >= 15 is 4.39 Å². The number of hydrogen-bond acceptors (Lipinski definition) is 4. The average Bonchev–Trinajstić information content (AvgIpc) is 3.00. The van der Waals surface area contributed by atoms with Crippen molar-refractivity contribution < 1.29 is 54.2 Å². The molecule has 0 saturated carbocycles. The van der Waals surface area contributed by atoms with Crippen LogP contribution in [0.3, 0.4) is 0 Å². The predicted molar refractivity (Wildman–Crippen MR) is 150 cm³/mol. The molecule has 4 aromatic rings. The van der Waals surface area contributed by atoms with Gasteiger partial charge >= 0.3 is 18.3 Å². The number of ether oxygens (including phenoxy) is 2. The van der Waals surface area contributed by atoms with Gasteiger partial charge in [-0.3, -0.25) is 4.79 Å². The lowest BCUT2D eigenvalue weighted by atomic mass is 9.77. The number of benzene rings is 4. The molecule has 0 aromatic heterocycles. The van der Waals surface area contributed by atoms with Crippen LogP contribution in [-0.2, 0) is 33.8 Å². The molecule has 46 heavy (non-hydrogen) atoms. The minimum atomic E-state index is -5.05. The molecule has 0 aliphatic rings. The average molecular weight is 652 g/mol. The fourth-order valence-electron chi connectivity index (χ4n) is 4.83. The van der Waals surface area contributed by atoms with Gasteiger partial charge in [0.2, 0.25) is 0 Å². The van der Waals surface area contributed by atoms with Crippen molar-refractivity contribution in [1.82, 2.24) is 5.32 Å². The van der Waals surface area contributed by atoms with Crippen molar-refractivity contribution in [3.05, 3.63) is 136 Å². The first kappa shape index (κ1) is 33.9. The van der Waals surface area contributed by atoms with Gasteiger partial charge in [-0.25, -0.2) is 13.6 Å². The fraction of sp³-hybridized carbons (Fsp3) is 0.212. The quantitative estimate of drug-likeness (QED) is 0.148. The van der Waals surface area contributed by atoms with Crippen LogP contribution in [0.2, 0.25) is 0 Å². The molecular weight excluding hydrogens is 626 g/mol. The van der Waals surface area contributed by atoms with Gasteiger partial charge < -0.3 is 14.8 Å². The lowest BCUT2D eigenvalue weighted by molar-refractivity contribution is -0.148. The SMILES string of the molecule is COC(=O)C(C)Oc1cc(C(Cc2ccccc2)(NC(=O)c2cccc(C(F)(F)F)c2)c2cc(F)cc(C(F)(F)F)c2)ccc1F. The smallest absolute Gasteiger partial charge is 0.416 e. The van der Waals surface area contributed by atoms with Gasteiger partial charge in [-0.2, -0.15) is 26.3 Å². The highest BCUT2D eigenvalue weighted by Gasteiger charge is 2.41. The number of rotatable bonds is 9. The minimum absolute atomic E-state index is 0.149. The molecular formula is C33H25F8NO4. The van der Waals surface area contributed by atoms with Gasteiger partial charge in [-0.05, 0) is 72.1 Å². The van der Waals surface area contributed by atoms with Crippen LogP contribution >= 0.6 is 0 Å². The molecule has 0 aliphatic carbocycles. The van der Waals surface area contributed by atoms with Crippen LogP contribution in [0.5, 0.6) is 5.75 Å². The molecule has 4 aromatic carbocycles. The summed E-state index contributed by atoms with van der Waals surface area (Å²) in [5, 5.41) is 2.54. The van der Waals surface area contributed by atoms with Gasteiger partial charge in [0.15, 0.2) is 17.7 Å². The van der Waals surface area contributed by atoms with Gasteiger partial charge in [0.25, 0.3) is 5.91 Å². The zero-order valence-corrected chi connectivity index (χ0v) is 24.1. The summed E-state index contributed by atoms with van der Waals surface area (Å²) in [4.78, 5) is 25.7. The van der Waals surface area contributed by atoms with Crippen LogP contribution in [0.4, 0.5) is 35.1 Å². The summed E-state index contributed by atoms with van der Waals surface area (Å²) < 4.78 is 122. The lowest BCUT2D eigenvalue weighted by Crippen LogP contribution is -2.49. The third kappa shape index (κ3) is 7.64. The van der Waals surface area contributed by atoms with E-state index in [4.69, 9.17) is 4.74 Å². The number of carbonyl (C=O) groups is 2. The molecule has 0 heterocycles. The van der Waals surface area contributed by atoms with Crippen LogP contribution in [0.25, 0.3) is 0 Å². The summed E-state index contributed by atoms with van der Waals surface area (Å²) in [6, 6.07) is 15.7. The third-order valence-corrected chi connectivity index (χ3v) is 7.07. The van der Waals surface area contributed by atoms with Crippen molar-refractivity contribution in [2.24, 2.45) is 0 Å². The largest absolute Gasteiger partial charge is 0.476 e. The molecule has 0 fully saturated rings. The second kappa shape index (κ2) is 13.2. The summed E-state index contributed by atoms with van der Waals surface area (Å²) in [6.45, 7) is 1.24. The molecule has 0 spiro atoms. The van der Waals surface area contributed by atoms with E-state index in [0.717, 1.165) is 49.6 Å². The van der Waals surface area contributed by atoms with E-state index in [-0.39, 0.29) is 11.6 Å². The Hall–Kier alpha value is -4.94. The number of amides is 1. The molecule has 13 heteroatoms. The van der Waals surface area contributed by atoms with Crippen molar-refractivity contribution in [2.45, 2.75) is 37.3 Å². The zero-order chi connectivity index (χ0) is 33.9. The molecule has 242 valence electrons. The summed E-state index contributed by atoms with van der Waals surface area (Å²) in [5.74, 6) is -4.98. The van der Waals surface area contributed by atoms with E-state index in [1.165, 1.54) is 6.92 Å². The molecule has 5 nitrogen and oxygen atoms in total. The standard InChI is InChI=1S/C33H25F8NO4/c1-19(30(44)45-2)46-28-17-22(11-12-27(28)35)31(18-20-7-4-3-5-8-20,24-14-25(33(39,40)41)16-26(34)15-24)42-29(43)21-9-6-10-23(13-21)32(36,37)38/h3-17,19H,18H2,1-2H3,(H,42,43). The van der Waals surface area contributed by atoms with Crippen molar-refractivity contribution in [3.63, 3.8) is 0 Å². The van der Waals surface area contributed by atoms with E-state index in [1.54, 1.807) is 30.3 Å². The van der Waals surface area contributed by atoms with Gasteiger partial charge in [-0.15, -0.1) is 0 Å². The Morgan fingerprint density at radius 1 is 0.739 bits per heavy atom. The predicted octanol–water partition coefficient (Wildman–Crippen LogP) is 7.86. The lowest BCUT2D eigenvalue weighted by Gasteiger charge is -2.37. The monoisotopic (exact) mass is 651 g/mol. The maximum Gasteiger partial charge on any atom is 0.416 e. The second-order valence-electron chi connectivity index (χ2n) is 10.3. The first-order valence-corrected chi connectivity index (χ1v) is 13.5. The molecule has 2 unspecified atom stereocenters. The summed E-state index contributed by atoms with van der Waals surface area (Å²) in [7, 11) is 1.06. The minimum Gasteiger partial charge on any atom is -0.476 e. The molecule has 0 radical (unpaired) electrons. The van der Waals surface area contributed by atoms with Crippen LogP contribution in [0.1, 0.15) is 45.1 Å². The Kier molecular flexibility index (Phi) is 9.74. The molecule has 4 rings (SSSR count). The molecule has 0 saturated heterocycles. The Balaban J connectivity index is 2.02. The highest BCUT2D eigenvalue weighted by molar-refractivity contribution is 5.95. The number of hydrogen-bond donors (Lipinski definition) is 1. The van der Waals surface area contributed by atoms with Gasteiger partial charge in [0.05, 0.1) is 23.8 Å². The van der Waals surface area contributed by atoms with Gasteiger partial charge in [0.1, 0.15) is 5.82 Å². The maximum atomic E-state index is 15.0. The number of esters is 1. The molecule has 1 N–H and O–H groups in total. The number of halogens is 8. The fourth-order valence-corrected chi connectivity index (χ4v) is 4.83. The van der Waals surface area contributed by atoms with Crippen LogP contribution in [-0.4, -0.2) is 25.1 Å². The van der Waals surface area contributed by atoms with Crippen LogP contribution < -0.4 is 10.1 Å². The van der Waals surface area contributed by atoms with E-state index in [9.17, 15) is 40.3 Å². The normalized spacial score (nSPS) is 13.8. The summed E-state index contributed by atoms with van der Waals surface area (Å²) >= 11 is 0. The molecule has 1 amide bonds. The third-order valence-electron chi connectivity index (χ3n) is 7.07. The van der Waals surface area contributed by atoms with E-state index in [2.05, 4.69) is 10.1 Å². The van der Waals surface area contributed by atoms with Gasteiger partial charge in [0, 0.05) is 12.0 Å². The van der Waals surface area contributed by atoms with Crippen molar-refractivity contribution in [1.29, 1.82) is 0 Å². The Morgan fingerprint density at radius 3 is 2.02 bits per heavy atom. The first-order chi connectivity index (χ1) is 21.5. The Labute approximate surface area is 257 Å². The Morgan fingerprint density at radius 2 is 1.39 bits per heavy atom. The van der Waals surface area contributed by atoms with Crippen molar-refractivity contribution in [3.8, 4) is 5.75 Å². The summed E-state index contributed by atoms with van der Waals surface area (Å²) in [5.41, 5.74) is -5.53. The van der Waals surface area contributed by atoms with E-state index in [1.807, 2.05) is 0 Å². The molecule has 0 aliphatic heterocycles. The molecule has 0 bridgehead atoms. The van der Waals surface area contributed by atoms with Crippen LogP contribution in [0.15, 0.2) is 91.0 Å². The molecule has 2 atom stereocenters. The number of alkyl halides is 6. The van der Waals surface area contributed by atoms with E-state index in [0.29, 0.717) is 17.7 Å². The van der Waals surface area contributed by atoms with Crippen LogP contribution in [0, 0.1) is 11.6 Å². The highest BCUT2D eigenvalue weighted by Crippen LogP contribution is 2.40. The first-order valence-electron chi connectivity index (χ1n) is 13.5. The summed E-state index contributed by atoms with van der Waals surface area (Å²) in [6.07, 6.45) is -11.6. The van der Waals surface area contributed by atoms with Gasteiger partial charge in [-0.1, -0.05) is 42.5 Å². The number of carbonyl (C=O) groups excluding carboxylic acids is 2. The van der Waals surface area contributed by atoms with Crippen molar-refractivity contribution in [2.75, 3.05) is 7.11 Å². The van der Waals surface area contributed by atoms with Crippen molar-refractivity contribution >= 4 is 11.9 Å². The zero-order valence-electron chi connectivity index (χ0n) is 24.1. The number of methoxy groups -OCH3 is 1. The topological polar surface area (TPSA) is 64.6 Å². The van der Waals surface area contributed by atoms with E-state index < -0.39 is 81.9 Å².